The summed E-state index contributed by atoms with van der Waals surface area (Å²) in [5.41, 5.74) is 4.91. The second kappa shape index (κ2) is 7.22. The van der Waals surface area contributed by atoms with E-state index in [0.717, 1.165) is 0 Å². The molecule has 0 aliphatic rings. The van der Waals surface area contributed by atoms with E-state index in [-0.39, 0.29) is 11.9 Å². The smallest absolute Gasteiger partial charge is 0.305 e. The second-order valence-electron chi connectivity index (χ2n) is 4.25. The average Bonchev–Trinajstić information content (AvgIpc) is 2.24. The largest absolute Gasteiger partial charge is 0.466 e. The summed E-state index contributed by atoms with van der Waals surface area (Å²) < 4.78 is 4.77. The minimum Gasteiger partial charge on any atom is -0.466 e. The van der Waals surface area contributed by atoms with Crippen molar-refractivity contribution in [1.29, 1.82) is 0 Å². The summed E-state index contributed by atoms with van der Waals surface area (Å²) >= 11 is 0. The van der Waals surface area contributed by atoms with E-state index < -0.39 is 5.41 Å². The highest BCUT2D eigenvalue weighted by atomic mass is 16.5. The molecule has 0 spiro atoms. The fourth-order valence-corrected chi connectivity index (χ4v) is 1.000. The van der Waals surface area contributed by atoms with Gasteiger partial charge < -0.3 is 15.8 Å². The van der Waals surface area contributed by atoms with Crippen molar-refractivity contribution in [3.05, 3.63) is 0 Å². The highest BCUT2D eigenvalue weighted by Gasteiger charge is 2.24. The molecule has 0 atom stereocenters. The normalized spacial score (nSPS) is 11.0. The molecule has 0 saturated carbocycles. The fourth-order valence-electron chi connectivity index (χ4n) is 1.000. The van der Waals surface area contributed by atoms with Crippen molar-refractivity contribution in [2.45, 2.75) is 33.6 Å². The molecule has 0 aromatic carbocycles. The Kier molecular flexibility index (Phi) is 6.72. The minimum absolute atomic E-state index is 0.0844. The summed E-state index contributed by atoms with van der Waals surface area (Å²) in [5.74, 6) is -0.311. The van der Waals surface area contributed by atoms with E-state index in [1.54, 1.807) is 20.8 Å². The lowest BCUT2D eigenvalue weighted by Crippen LogP contribution is -2.42. The van der Waals surface area contributed by atoms with Crippen LogP contribution in [-0.2, 0) is 14.3 Å². The third-order valence-corrected chi connectivity index (χ3v) is 2.27. The molecule has 0 fully saturated rings. The highest BCUT2D eigenvalue weighted by molar-refractivity contribution is 5.82. The number of carbonyl (C=O) groups excluding carboxylic acids is 2. The summed E-state index contributed by atoms with van der Waals surface area (Å²) in [7, 11) is 0. The zero-order valence-electron chi connectivity index (χ0n) is 10.3. The first kappa shape index (κ1) is 14.9. The molecular formula is C11H22N2O3. The van der Waals surface area contributed by atoms with E-state index in [9.17, 15) is 9.59 Å². The molecule has 0 aromatic rings. The van der Waals surface area contributed by atoms with Gasteiger partial charge in [-0.15, -0.1) is 0 Å². The lowest BCUT2D eigenvalue weighted by Gasteiger charge is -2.21. The van der Waals surface area contributed by atoms with Gasteiger partial charge in [-0.1, -0.05) is 0 Å². The van der Waals surface area contributed by atoms with Crippen LogP contribution in [0.25, 0.3) is 0 Å². The predicted octanol–water partition coefficient (Wildman–Crippen LogP) is 0.431. The number of carbonyl (C=O) groups is 2. The van der Waals surface area contributed by atoms with Crippen molar-refractivity contribution in [2.24, 2.45) is 11.1 Å². The van der Waals surface area contributed by atoms with Gasteiger partial charge in [0.1, 0.15) is 0 Å². The van der Waals surface area contributed by atoms with Gasteiger partial charge in [-0.25, -0.2) is 0 Å². The standard InChI is InChI=1S/C11H22N2O3/c1-4-16-9(14)6-5-7-13-10(15)11(2,3)8-12/h4-8,12H2,1-3H3,(H,13,15). The molecule has 0 heterocycles. The Morgan fingerprint density at radius 2 is 2.00 bits per heavy atom. The van der Waals surface area contributed by atoms with Gasteiger partial charge in [0.05, 0.1) is 12.0 Å². The van der Waals surface area contributed by atoms with Crippen LogP contribution in [-0.4, -0.2) is 31.6 Å². The van der Waals surface area contributed by atoms with E-state index in [4.69, 9.17) is 10.5 Å². The fraction of sp³-hybridized carbons (Fsp3) is 0.818. The van der Waals surface area contributed by atoms with Gasteiger partial charge in [0.15, 0.2) is 0 Å². The van der Waals surface area contributed by atoms with Crippen LogP contribution in [0.2, 0.25) is 0 Å². The lowest BCUT2D eigenvalue weighted by molar-refractivity contribution is -0.143. The number of rotatable bonds is 7. The van der Waals surface area contributed by atoms with E-state index in [1.165, 1.54) is 0 Å². The highest BCUT2D eigenvalue weighted by Crippen LogP contribution is 2.11. The Morgan fingerprint density at radius 1 is 1.38 bits per heavy atom. The molecule has 0 aliphatic carbocycles. The Labute approximate surface area is 96.7 Å². The quantitative estimate of drug-likeness (QED) is 0.491. The molecule has 0 radical (unpaired) electrons. The summed E-state index contributed by atoms with van der Waals surface area (Å²) in [6.07, 6.45) is 0.919. The van der Waals surface area contributed by atoms with Crippen LogP contribution < -0.4 is 11.1 Å². The molecule has 5 heteroatoms. The van der Waals surface area contributed by atoms with Gasteiger partial charge in [0.25, 0.3) is 0 Å². The Hall–Kier alpha value is -1.10. The average molecular weight is 230 g/mol. The number of ether oxygens (including phenoxy) is 1. The van der Waals surface area contributed by atoms with Gasteiger partial charge >= 0.3 is 5.97 Å². The van der Waals surface area contributed by atoms with Crippen LogP contribution in [0.1, 0.15) is 33.6 Å². The number of esters is 1. The molecule has 0 unspecified atom stereocenters. The minimum atomic E-state index is -0.552. The maximum Gasteiger partial charge on any atom is 0.305 e. The number of hydrogen-bond donors (Lipinski definition) is 2. The maximum atomic E-state index is 11.6. The molecule has 0 bridgehead atoms. The van der Waals surface area contributed by atoms with Crippen LogP contribution >= 0.6 is 0 Å². The molecule has 16 heavy (non-hydrogen) atoms. The number of amides is 1. The molecule has 94 valence electrons. The van der Waals surface area contributed by atoms with Crippen molar-refractivity contribution in [3.63, 3.8) is 0 Å². The first-order chi connectivity index (χ1) is 7.44. The van der Waals surface area contributed by atoms with Crippen molar-refractivity contribution >= 4 is 11.9 Å². The maximum absolute atomic E-state index is 11.6. The molecule has 0 saturated heterocycles. The van der Waals surface area contributed by atoms with Gasteiger partial charge in [-0.3, -0.25) is 9.59 Å². The van der Waals surface area contributed by atoms with E-state index in [0.29, 0.717) is 32.5 Å². The topological polar surface area (TPSA) is 81.4 Å². The van der Waals surface area contributed by atoms with Crippen molar-refractivity contribution in [3.8, 4) is 0 Å². The molecule has 1 amide bonds. The van der Waals surface area contributed by atoms with Crippen molar-refractivity contribution in [2.75, 3.05) is 19.7 Å². The summed E-state index contributed by atoms with van der Waals surface area (Å²) in [6.45, 7) is 6.51. The molecule has 0 aromatic heterocycles. The molecule has 3 N–H and O–H groups in total. The molecule has 0 rings (SSSR count). The first-order valence-corrected chi connectivity index (χ1v) is 5.58. The molecule has 5 nitrogen and oxygen atoms in total. The summed E-state index contributed by atoms with van der Waals surface area (Å²) in [6, 6.07) is 0. The van der Waals surface area contributed by atoms with E-state index in [1.807, 2.05) is 0 Å². The summed E-state index contributed by atoms with van der Waals surface area (Å²) in [4.78, 5) is 22.5. The van der Waals surface area contributed by atoms with Crippen LogP contribution in [0.3, 0.4) is 0 Å². The third-order valence-electron chi connectivity index (χ3n) is 2.27. The van der Waals surface area contributed by atoms with Gasteiger partial charge in [-0.2, -0.15) is 0 Å². The molecule has 0 aliphatic heterocycles. The van der Waals surface area contributed by atoms with Crippen LogP contribution in [0.4, 0.5) is 0 Å². The Bertz CT molecular complexity index is 239. The van der Waals surface area contributed by atoms with Crippen LogP contribution in [0.15, 0.2) is 0 Å². The van der Waals surface area contributed by atoms with E-state index in [2.05, 4.69) is 5.32 Å². The van der Waals surface area contributed by atoms with Gasteiger partial charge in [0.2, 0.25) is 5.91 Å². The Morgan fingerprint density at radius 3 is 2.50 bits per heavy atom. The van der Waals surface area contributed by atoms with Crippen LogP contribution in [0, 0.1) is 5.41 Å². The third kappa shape index (κ3) is 5.70. The van der Waals surface area contributed by atoms with Crippen LogP contribution in [0.5, 0.6) is 0 Å². The first-order valence-electron chi connectivity index (χ1n) is 5.58. The number of hydrogen-bond acceptors (Lipinski definition) is 4. The Balaban J connectivity index is 3.67. The molecular weight excluding hydrogens is 208 g/mol. The van der Waals surface area contributed by atoms with Crippen molar-refractivity contribution < 1.29 is 14.3 Å². The van der Waals surface area contributed by atoms with E-state index >= 15 is 0 Å². The number of nitrogens with two attached hydrogens (primary N) is 1. The predicted molar refractivity (Wildman–Crippen MR) is 61.7 cm³/mol. The van der Waals surface area contributed by atoms with Gasteiger partial charge in [0, 0.05) is 19.5 Å². The number of nitrogens with one attached hydrogen (secondary N) is 1. The zero-order valence-corrected chi connectivity index (χ0v) is 10.3. The lowest BCUT2D eigenvalue weighted by atomic mass is 9.93. The SMILES string of the molecule is CCOC(=O)CCCNC(=O)C(C)(C)CN. The monoisotopic (exact) mass is 230 g/mol. The van der Waals surface area contributed by atoms with Crippen molar-refractivity contribution in [1.82, 2.24) is 5.32 Å². The second-order valence-corrected chi connectivity index (χ2v) is 4.25. The summed E-state index contributed by atoms with van der Waals surface area (Å²) in [5, 5.41) is 2.74. The zero-order chi connectivity index (χ0) is 12.6. The van der Waals surface area contributed by atoms with Gasteiger partial charge in [-0.05, 0) is 27.2 Å².